The Labute approximate surface area is 103 Å². The minimum Gasteiger partial charge on any atom is -0.361 e. The Morgan fingerprint density at radius 1 is 1.12 bits per heavy atom. The normalized spacial score (nSPS) is 11.0. The van der Waals surface area contributed by atoms with Crippen LogP contribution in [0.4, 0.5) is 0 Å². The molecule has 2 heteroatoms. The van der Waals surface area contributed by atoms with Crippen LogP contribution in [-0.4, -0.2) is 30.5 Å². The van der Waals surface area contributed by atoms with Gasteiger partial charge in [-0.2, -0.15) is 0 Å². The summed E-state index contributed by atoms with van der Waals surface area (Å²) in [7, 11) is 4.24. The SMILES string of the molecule is CN(C)CCCc1c[nH]c(-c2ccccc2)c1. The fourth-order valence-electron chi connectivity index (χ4n) is 1.97. The Morgan fingerprint density at radius 3 is 2.59 bits per heavy atom. The lowest BCUT2D eigenvalue weighted by atomic mass is 10.1. The van der Waals surface area contributed by atoms with Crippen molar-refractivity contribution in [1.29, 1.82) is 0 Å². The van der Waals surface area contributed by atoms with E-state index in [1.54, 1.807) is 0 Å². The first-order chi connectivity index (χ1) is 8.25. The number of aromatic amines is 1. The molecule has 2 aromatic rings. The van der Waals surface area contributed by atoms with Crippen LogP contribution < -0.4 is 0 Å². The summed E-state index contributed by atoms with van der Waals surface area (Å²) in [6, 6.07) is 12.7. The molecule has 1 heterocycles. The summed E-state index contributed by atoms with van der Waals surface area (Å²) in [5.74, 6) is 0. The Hall–Kier alpha value is -1.54. The van der Waals surface area contributed by atoms with Crippen molar-refractivity contribution in [3.63, 3.8) is 0 Å². The van der Waals surface area contributed by atoms with Crippen LogP contribution in [-0.2, 0) is 6.42 Å². The molecule has 0 unspecified atom stereocenters. The third-order valence-electron chi connectivity index (χ3n) is 2.90. The van der Waals surface area contributed by atoms with E-state index in [1.165, 1.54) is 23.2 Å². The Kier molecular flexibility index (Phi) is 3.99. The second-order valence-electron chi connectivity index (χ2n) is 4.69. The second kappa shape index (κ2) is 5.69. The van der Waals surface area contributed by atoms with Crippen molar-refractivity contribution in [2.45, 2.75) is 12.8 Å². The van der Waals surface area contributed by atoms with Crippen molar-refractivity contribution in [3.8, 4) is 11.3 Å². The molecule has 0 atom stereocenters. The number of rotatable bonds is 5. The lowest BCUT2D eigenvalue weighted by Crippen LogP contribution is -2.13. The molecule has 90 valence electrons. The molecular formula is C15H20N2. The average molecular weight is 228 g/mol. The van der Waals surface area contributed by atoms with Gasteiger partial charge >= 0.3 is 0 Å². The quantitative estimate of drug-likeness (QED) is 0.832. The van der Waals surface area contributed by atoms with E-state index in [0.717, 1.165) is 13.0 Å². The lowest BCUT2D eigenvalue weighted by molar-refractivity contribution is 0.400. The number of nitrogens with one attached hydrogen (secondary N) is 1. The van der Waals surface area contributed by atoms with Crippen LogP contribution in [0.1, 0.15) is 12.0 Å². The van der Waals surface area contributed by atoms with Crippen LogP contribution in [0.5, 0.6) is 0 Å². The minimum atomic E-state index is 1.14. The first-order valence-corrected chi connectivity index (χ1v) is 6.13. The Bertz CT molecular complexity index is 443. The molecule has 1 aromatic heterocycles. The van der Waals surface area contributed by atoms with Gasteiger partial charge in [0.05, 0.1) is 0 Å². The van der Waals surface area contributed by atoms with Gasteiger partial charge in [0.1, 0.15) is 0 Å². The number of nitrogens with zero attached hydrogens (tertiary/aromatic N) is 1. The van der Waals surface area contributed by atoms with Crippen molar-refractivity contribution < 1.29 is 0 Å². The van der Waals surface area contributed by atoms with E-state index in [2.05, 4.69) is 60.5 Å². The topological polar surface area (TPSA) is 19.0 Å². The highest BCUT2D eigenvalue weighted by Crippen LogP contribution is 2.19. The number of H-pyrrole nitrogens is 1. The van der Waals surface area contributed by atoms with E-state index < -0.39 is 0 Å². The van der Waals surface area contributed by atoms with Crippen LogP contribution in [0, 0.1) is 0 Å². The monoisotopic (exact) mass is 228 g/mol. The van der Waals surface area contributed by atoms with Crippen molar-refractivity contribution in [2.24, 2.45) is 0 Å². The number of hydrogen-bond acceptors (Lipinski definition) is 1. The summed E-state index contributed by atoms with van der Waals surface area (Å²) in [6.07, 6.45) is 4.47. The largest absolute Gasteiger partial charge is 0.361 e. The Balaban J connectivity index is 1.97. The molecule has 1 aromatic carbocycles. The van der Waals surface area contributed by atoms with Gasteiger partial charge in [-0.3, -0.25) is 0 Å². The lowest BCUT2D eigenvalue weighted by Gasteiger charge is -2.07. The maximum absolute atomic E-state index is 3.35. The number of aryl methyl sites for hydroxylation is 1. The van der Waals surface area contributed by atoms with Crippen molar-refractivity contribution in [2.75, 3.05) is 20.6 Å². The zero-order chi connectivity index (χ0) is 12.1. The molecule has 0 saturated carbocycles. The van der Waals surface area contributed by atoms with Crippen molar-refractivity contribution >= 4 is 0 Å². The molecule has 0 bridgehead atoms. The molecule has 0 saturated heterocycles. The molecule has 0 aliphatic carbocycles. The van der Waals surface area contributed by atoms with E-state index in [1.807, 2.05) is 6.07 Å². The van der Waals surface area contributed by atoms with Gasteiger partial charge in [-0.05, 0) is 50.7 Å². The zero-order valence-corrected chi connectivity index (χ0v) is 10.6. The molecule has 0 aliphatic rings. The maximum atomic E-state index is 3.35. The van der Waals surface area contributed by atoms with Crippen LogP contribution in [0.3, 0.4) is 0 Å². The summed E-state index contributed by atoms with van der Waals surface area (Å²) in [6.45, 7) is 1.14. The van der Waals surface area contributed by atoms with E-state index in [-0.39, 0.29) is 0 Å². The van der Waals surface area contributed by atoms with Crippen LogP contribution >= 0.6 is 0 Å². The number of hydrogen-bond donors (Lipinski definition) is 1. The maximum Gasteiger partial charge on any atom is 0.0456 e. The van der Waals surface area contributed by atoms with E-state index in [9.17, 15) is 0 Å². The van der Waals surface area contributed by atoms with Gasteiger partial charge in [-0.25, -0.2) is 0 Å². The van der Waals surface area contributed by atoms with Crippen LogP contribution in [0.2, 0.25) is 0 Å². The van der Waals surface area contributed by atoms with Gasteiger partial charge < -0.3 is 9.88 Å². The predicted octanol–water partition coefficient (Wildman–Crippen LogP) is 3.18. The van der Waals surface area contributed by atoms with Crippen LogP contribution in [0.15, 0.2) is 42.6 Å². The third kappa shape index (κ3) is 3.46. The van der Waals surface area contributed by atoms with E-state index in [0.29, 0.717) is 0 Å². The van der Waals surface area contributed by atoms with Gasteiger partial charge in [-0.15, -0.1) is 0 Å². The van der Waals surface area contributed by atoms with Gasteiger partial charge in [0.25, 0.3) is 0 Å². The van der Waals surface area contributed by atoms with E-state index in [4.69, 9.17) is 0 Å². The molecule has 0 amide bonds. The standard InChI is InChI=1S/C15H20N2/c1-17(2)10-6-7-13-11-15(16-12-13)14-8-4-3-5-9-14/h3-5,8-9,11-12,16H,6-7,10H2,1-2H3. The van der Waals surface area contributed by atoms with Gasteiger partial charge in [-0.1, -0.05) is 30.3 Å². The molecule has 0 aliphatic heterocycles. The summed E-state index contributed by atoms with van der Waals surface area (Å²) in [4.78, 5) is 5.57. The summed E-state index contributed by atoms with van der Waals surface area (Å²) >= 11 is 0. The molecule has 0 spiro atoms. The number of aromatic nitrogens is 1. The second-order valence-corrected chi connectivity index (χ2v) is 4.69. The highest BCUT2D eigenvalue weighted by molar-refractivity contribution is 5.60. The summed E-state index contributed by atoms with van der Waals surface area (Å²) < 4.78 is 0. The fraction of sp³-hybridized carbons (Fsp3) is 0.333. The van der Waals surface area contributed by atoms with Gasteiger partial charge in [0, 0.05) is 11.9 Å². The predicted molar refractivity (Wildman–Crippen MR) is 73.1 cm³/mol. The van der Waals surface area contributed by atoms with E-state index >= 15 is 0 Å². The van der Waals surface area contributed by atoms with Crippen molar-refractivity contribution in [3.05, 3.63) is 48.2 Å². The molecule has 17 heavy (non-hydrogen) atoms. The minimum absolute atomic E-state index is 1.14. The highest BCUT2D eigenvalue weighted by atomic mass is 15.0. The highest BCUT2D eigenvalue weighted by Gasteiger charge is 2.01. The number of benzene rings is 1. The van der Waals surface area contributed by atoms with Crippen LogP contribution in [0.25, 0.3) is 11.3 Å². The van der Waals surface area contributed by atoms with Gasteiger partial charge in [0.15, 0.2) is 0 Å². The van der Waals surface area contributed by atoms with Gasteiger partial charge in [0.2, 0.25) is 0 Å². The molecule has 0 fully saturated rings. The molecule has 0 radical (unpaired) electrons. The Morgan fingerprint density at radius 2 is 1.88 bits per heavy atom. The summed E-state index contributed by atoms with van der Waals surface area (Å²) in [5, 5.41) is 0. The molecule has 2 nitrogen and oxygen atoms in total. The average Bonchev–Trinajstić information content (AvgIpc) is 2.78. The molecular weight excluding hydrogens is 208 g/mol. The van der Waals surface area contributed by atoms with Crippen molar-refractivity contribution in [1.82, 2.24) is 9.88 Å². The molecule has 1 N–H and O–H groups in total. The smallest absolute Gasteiger partial charge is 0.0456 e. The molecule has 2 rings (SSSR count). The summed E-state index contributed by atoms with van der Waals surface area (Å²) in [5.41, 5.74) is 3.86. The first kappa shape index (κ1) is 11.9. The fourth-order valence-corrected chi connectivity index (χ4v) is 1.97. The zero-order valence-electron chi connectivity index (χ0n) is 10.6. The first-order valence-electron chi connectivity index (χ1n) is 6.13. The third-order valence-corrected chi connectivity index (χ3v) is 2.90.